The Morgan fingerprint density at radius 1 is 1.00 bits per heavy atom. The van der Waals surface area contributed by atoms with Crippen molar-refractivity contribution < 1.29 is 15.0 Å². The molecule has 2 atom stereocenters. The number of fused-ring (bicyclic) bond motifs is 3. The van der Waals surface area contributed by atoms with E-state index >= 15 is 0 Å². The summed E-state index contributed by atoms with van der Waals surface area (Å²) >= 11 is 0. The Labute approximate surface area is 134 Å². The molecule has 6 rings (SSSR count). The van der Waals surface area contributed by atoms with Gasteiger partial charge >= 0.3 is 0 Å². The quantitative estimate of drug-likeness (QED) is 0.849. The van der Waals surface area contributed by atoms with Crippen LogP contribution in [0.1, 0.15) is 59.8 Å². The van der Waals surface area contributed by atoms with Gasteiger partial charge in [0.25, 0.3) is 0 Å². The second kappa shape index (κ2) is 4.40. The summed E-state index contributed by atoms with van der Waals surface area (Å²) < 4.78 is 1.53. The first-order valence-corrected chi connectivity index (χ1v) is 8.46. The smallest absolute Gasteiger partial charge is 0.202 e. The summed E-state index contributed by atoms with van der Waals surface area (Å²) in [6, 6.07) is 6.12. The minimum atomic E-state index is -0.239. The molecule has 1 saturated carbocycles. The lowest BCUT2D eigenvalue weighted by Crippen LogP contribution is -2.28. The topological polar surface area (TPSA) is 62.5 Å². The van der Waals surface area contributed by atoms with Crippen molar-refractivity contribution in [1.29, 1.82) is 0 Å². The van der Waals surface area contributed by atoms with E-state index in [2.05, 4.69) is 12.1 Å². The summed E-state index contributed by atoms with van der Waals surface area (Å²) in [7, 11) is 0. The molecule has 0 spiro atoms. The molecule has 23 heavy (non-hydrogen) atoms. The van der Waals surface area contributed by atoms with Gasteiger partial charge in [-0.25, -0.2) is 0 Å². The van der Waals surface area contributed by atoms with Crippen LogP contribution in [-0.4, -0.2) is 20.6 Å². The predicted molar refractivity (Wildman–Crippen MR) is 85.5 cm³/mol. The van der Waals surface area contributed by atoms with Gasteiger partial charge in [-0.1, -0.05) is 6.07 Å². The van der Waals surface area contributed by atoms with Crippen LogP contribution in [0, 0.1) is 0 Å². The van der Waals surface area contributed by atoms with Crippen LogP contribution >= 0.6 is 0 Å². The predicted octanol–water partition coefficient (Wildman–Crippen LogP) is 3.31. The molecule has 2 N–H and O–H groups in total. The number of carbonyl (C=O) groups excluding carboxylic acids is 1. The Morgan fingerprint density at radius 3 is 2.61 bits per heavy atom. The van der Waals surface area contributed by atoms with Gasteiger partial charge in [0.2, 0.25) is 11.8 Å². The van der Waals surface area contributed by atoms with Crippen LogP contribution < -0.4 is 0 Å². The van der Waals surface area contributed by atoms with Gasteiger partial charge in [-0.05, 0) is 61.3 Å². The van der Waals surface area contributed by atoms with Crippen LogP contribution in [0.25, 0.3) is 5.69 Å². The number of nitrogens with zero attached hydrogens (tertiary/aromatic N) is 1. The summed E-state index contributed by atoms with van der Waals surface area (Å²) in [6.07, 6.45) is 5.53. The molecule has 2 bridgehead atoms. The van der Waals surface area contributed by atoms with Crippen molar-refractivity contribution in [3.8, 4) is 17.4 Å². The standard InChI is InChI=1S/C19H19NO3/c21-15-9-12-5-7-14(15)17-16(12)18(22)20(19(17)23)13-6-4-10-2-1-3-11(10)8-13/h4,6,8,12,14,22-23H,1-3,5,7,9H2/t12-,14+/m0/s1. The van der Waals surface area contributed by atoms with E-state index in [1.807, 2.05) is 6.07 Å². The van der Waals surface area contributed by atoms with E-state index in [0.29, 0.717) is 12.0 Å². The molecule has 2 aromatic rings. The number of aromatic hydroxyl groups is 2. The summed E-state index contributed by atoms with van der Waals surface area (Å²) in [5, 5.41) is 21.5. The van der Waals surface area contributed by atoms with Gasteiger partial charge < -0.3 is 10.2 Å². The van der Waals surface area contributed by atoms with Gasteiger partial charge in [0.05, 0.1) is 5.69 Å². The maximum Gasteiger partial charge on any atom is 0.202 e. The lowest BCUT2D eigenvalue weighted by molar-refractivity contribution is -0.123. The molecule has 1 aromatic heterocycles. The number of hydrogen-bond acceptors (Lipinski definition) is 3. The van der Waals surface area contributed by atoms with Gasteiger partial charge in [-0.2, -0.15) is 0 Å². The van der Waals surface area contributed by atoms with Crippen LogP contribution in [0.3, 0.4) is 0 Å². The highest BCUT2D eigenvalue weighted by Gasteiger charge is 2.45. The lowest BCUT2D eigenvalue weighted by Gasteiger charge is -2.34. The third-order valence-corrected chi connectivity index (χ3v) is 5.93. The van der Waals surface area contributed by atoms with E-state index in [9.17, 15) is 15.0 Å². The van der Waals surface area contributed by atoms with Gasteiger partial charge in [-0.15, -0.1) is 0 Å². The SMILES string of the molecule is O=C1C[C@@H]2CC[C@H]1c1c2c(O)n(-c2ccc3c(c2)CCC3)c1O. The molecule has 4 aliphatic carbocycles. The molecule has 118 valence electrons. The van der Waals surface area contributed by atoms with E-state index < -0.39 is 0 Å². The van der Waals surface area contributed by atoms with E-state index in [0.717, 1.165) is 43.4 Å². The van der Waals surface area contributed by atoms with Crippen LogP contribution in [0.4, 0.5) is 0 Å². The number of ketones is 1. The molecular weight excluding hydrogens is 290 g/mol. The normalized spacial score (nSPS) is 24.8. The highest BCUT2D eigenvalue weighted by atomic mass is 16.3. The lowest BCUT2D eigenvalue weighted by atomic mass is 9.67. The van der Waals surface area contributed by atoms with E-state index in [4.69, 9.17) is 0 Å². The fourth-order valence-electron chi connectivity index (χ4n) is 4.84. The summed E-state index contributed by atoms with van der Waals surface area (Å²) in [5.41, 5.74) is 4.93. The zero-order chi connectivity index (χ0) is 15.7. The van der Waals surface area contributed by atoms with Crippen LogP contribution in [-0.2, 0) is 17.6 Å². The summed E-state index contributed by atoms with van der Waals surface area (Å²) in [6.45, 7) is 0. The zero-order valence-corrected chi connectivity index (χ0v) is 12.9. The first kappa shape index (κ1) is 13.2. The van der Waals surface area contributed by atoms with E-state index in [1.165, 1.54) is 15.7 Å². The highest BCUT2D eigenvalue weighted by molar-refractivity contribution is 5.91. The number of hydrogen-bond donors (Lipinski definition) is 2. The molecule has 4 aliphatic rings. The Balaban J connectivity index is 1.72. The molecule has 1 fully saturated rings. The number of rotatable bonds is 1. The second-order valence-electron chi connectivity index (χ2n) is 7.11. The van der Waals surface area contributed by atoms with Crippen LogP contribution in [0.2, 0.25) is 0 Å². The highest BCUT2D eigenvalue weighted by Crippen LogP contribution is 2.55. The van der Waals surface area contributed by atoms with E-state index in [1.54, 1.807) is 0 Å². The number of carbonyl (C=O) groups is 1. The van der Waals surface area contributed by atoms with E-state index in [-0.39, 0.29) is 29.4 Å². The molecular formula is C19H19NO3. The Hall–Kier alpha value is -2.23. The largest absolute Gasteiger partial charge is 0.494 e. The number of aromatic nitrogens is 1. The Morgan fingerprint density at radius 2 is 1.78 bits per heavy atom. The van der Waals surface area contributed by atoms with Gasteiger partial charge in [0.15, 0.2) is 0 Å². The van der Waals surface area contributed by atoms with Crippen LogP contribution in [0.15, 0.2) is 18.2 Å². The summed E-state index contributed by atoms with van der Waals surface area (Å²) in [5.74, 6) is 0.201. The number of benzene rings is 1. The van der Waals surface area contributed by atoms with Crippen molar-refractivity contribution in [2.75, 3.05) is 0 Å². The van der Waals surface area contributed by atoms with Gasteiger partial charge in [-0.3, -0.25) is 9.36 Å². The van der Waals surface area contributed by atoms with Crippen molar-refractivity contribution in [2.24, 2.45) is 0 Å². The molecule has 0 saturated heterocycles. The first-order valence-electron chi connectivity index (χ1n) is 8.46. The van der Waals surface area contributed by atoms with Crippen LogP contribution in [0.5, 0.6) is 11.8 Å². The molecule has 1 heterocycles. The number of aryl methyl sites for hydroxylation is 2. The van der Waals surface area contributed by atoms with Crippen molar-refractivity contribution >= 4 is 5.78 Å². The van der Waals surface area contributed by atoms with Gasteiger partial charge in [0.1, 0.15) is 5.78 Å². The Bertz CT molecular complexity index is 849. The monoisotopic (exact) mass is 309 g/mol. The third-order valence-electron chi connectivity index (χ3n) is 5.93. The molecule has 1 aromatic carbocycles. The van der Waals surface area contributed by atoms with Crippen molar-refractivity contribution in [2.45, 2.75) is 50.4 Å². The van der Waals surface area contributed by atoms with Crippen molar-refractivity contribution in [1.82, 2.24) is 4.57 Å². The molecule has 0 amide bonds. The third kappa shape index (κ3) is 1.64. The fourth-order valence-corrected chi connectivity index (χ4v) is 4.84. The second-order valence-corrected chi connectivity index (χ2v) is 7.11. The molecule has 0 radical (unpaired) electrons. The van der Waals surface area contributed by atoms with Gasteiger partial charge in [0, 0.05) is 23.5 Å². The van der Waals surface area contributed by atoms with Crippen molar-refractivity contribution in [3.05, 3.63) is 40.5 Å². The average Bonchev–Trinajstić information content (AvgIpc) is 3.11. The fraction of sp³-hybridized carbons (Fsp3) is 0.421. The minimum Gasteiger partial charge on any atom is -0.494 e. The summed E-state index contributed by atoms with van der Waals surface area (Å²) in [4.78, 5) is 12.2. The molecule has 0 unspecified atom stereocenters. The number of Topliss-reactive ketones (excluding diaryl/α,β-unsaturated/α-hetero) is 1. The molecule has 0 aliphatic heterocycles. The molecule has 4 heteroatoms. The Kier molecular flexibility index (Phi) is 2.53. The maximum atomic E-state index is 12.2. The first-order chi connectivity index (χ1) is 11.1. The minimum absolute atomic E-state index is 0.0539. The molecule has 4 nitrogen and oxygen atoms in total. The maximum absolute atomic E-state index is 12.2. The zero-order valence-electron chi connectivity index (χ0n) is 12.9. The average molecular weight is 309 g/mol. The van der Waals surface area contributed by atoms with Crippen molar-refractivity contribution in [3.63, 3.8) is 0 Å².